The molecule has 1 unspecified atom stereocenters. The fourth-order valence-corrected chi connectivity index (χ4v) is 3.29. The average Bonchev–Trinajstić information content (AvgIpc) is 2.81. The number of hydrogen-bond donors (Lipinski definition) is 1. The van der Waals surface area contributed by atoms with Crippen LogP contribution in [0.3, 0.4) is 0 Å². The van der Waals surface area contributed by atoms with Crippen molar-refractivity contribution in [1.29, 1.82) is 0 Å². The Morgan fingerprint density at radius 1 is 1.33 bits per heavy atom. The Morgan fingerprint density at radius 3 is 2.48 bits per heavy atom. The lowest BCUT2D eigenvalue weighted by Crippen LogP contribution is -2.41. The van der Waals surface area contributed by atoms with E-state index in [9.17, 15) is 9.90 Å². The number of hydrogen-bond acceptors (Lipinski definition) is 5. The largest absolute Gasteiger partial charge is 0.457 e. The highest BCUT2D eigenvalue weighted by atomic mass is 16.6. The molecule has 21 heavy (non-hydrogen) atoms. The Bertz CT molecular complexity index is 356. The van der Waals surface area contributed by atoms with Crippen molar-refractivity contribution in [2.75, 3.05) is 13.7 Å². The van der Waals surface area contributed by atoms with Gasteiger partial charge in [0, 0.05) is 7.11 Å². The second-order valence-electron chi connectivity index (χ2n) is 7.15. The molecular weight excluding hydrogens is 272 g/mol. The van der Waals surface area contributed by atoms with Crippen LogP contribution in [0.15, 0.2) is 0 Å². The van der Waals surface area contributed by atoms with Gasteiger partial charge in [-0.05, 0) is 38.0 Å². The van der Waals surface area contributed by atoms with Gasteiger partial charge in [-0.25, -0.2) is 0 Å². The number of esters is 1. The molecule has 0 radical (unpaired) electrons. The maximum Gasteiger partial charge on any atom is 0.309 e. The minimum atomic E-state index is -0.644. The lowest BCUT2D eigenvalue weighted by Gasteiger charge is -2.33. The Kier molecular flexibility index (Phi) is 5.28. The molecule has 1 N–H and O–H groups in total. The van der Waals surface area contributed by atoms with E-state index >= 15 is 0 Å². The Morgan fingerprint density at radius 2 is 1.95 bits per heavy atom. The number of aliphatic hydroxyl groups excluding tert-OH is 1. The number of carbonyl (C=O) groups excluding carboxylic acids is 1. The normalized spacial score (nSPS) is 34.6. The summed E-state index contributed by atoms with van der Waals surface area (Å²) in [4.78, 5) is 12.3. The van der Waals surface area contributed by atoms with E-state index in [1.54, 1.807) is 14.0 Å². The molecule has 0 aromatic carbocycles. The van der Waals surface area contributed by atoms with Gasteiger partial charge in [0.25, 0.3) is 0 Å². The van der Waals surface area contributed by atoms with Crippen LogP contribution in [0.4, 0.5) is 0 Å². The first-order chi connectivity index (χ1) is 9.84. The molecule has 1 saturated carbocycles. The molecule has 1 aliphatic heterocycles. The van der Waals surface area contributed by atoms with Gasteiger partial charge in [-0.2, -0.15) is 0 Å². The molecule has 1 aliphatic carbocycles. The van der Waals surface area contributed by atoms with Gasteiger partial charge in [-0.15, -0.1) is 0 Å². The molecule has 2 fully saturated rings. The molecule has 5 nitrogen and oxygen atoms in total. The monoisotopic (exact) mass is 300 g/mol. The van der Waals surface area contributed by atoms with Crippen LogP contribution in [0, 0.1) is 11.3 Å². The third kappa shape index (κ3) is 3.96. The van der Waals surface area contributed by atoms with E-state index < -0.39 is 24.4 Å². The van der Waals surface area contributed by atoms with Gasteiger partial charge < -0.3 is 19.3 Å². The van der Waals surface area contributed by atoms with Crippen LogP contribution in [0.25, 0.3) is 0 Å². The van der Waals surface area contributed by atoms with Gasteiger partial charge in [0.1, 0.15) is 12.2 Å². The molecule has 1 heterocycles. The SMILES string of the molecule is CO[C@@H]1C(OC(=O)C2CCC(C)(C)CC2)CO[C@@H]1[C@H](C)O. The first-order valence-corrected chi connectivity index (χ1v) is 7.87. The van der Waals surface area contributed by atoms with Crippen molar-refractivity contribution < 1.29 is 24.1 Å². The maximum atomic E-state index is 12.3. The lowest BCUT2D eigenvalue weighted by atomic mass is 9.73. The summed E-state index contributed by atoms with van der Waals surface area (Å²) in [5, 5.41) is 9.67. The van der Waals surface area contributed by atoms with Crippen molar-refractivity contribution in [3.05, 3.63) is 0 Å². The van der Waals surface area contributed by atoms with Gasteiger partial charge >= 0.3 is 5.97 Å². The third-order valence-corrected chi connectivity index (χ3v) is 4.83. The molecule has 2 aliphatic rings. The molecule has 0 bridgehead atoms. The molecule has 4 atom stereocenters. The van der Waals surface area contributed by atoms with Crippen LogP contribution in [0.1, 0.15) is 46.5 Å². The second-order valence-corrected chi connectivity index (χ2v) is 7.15. The van der Waals surface area contributed by atoms with E-state index in [-0.39, 0.29) is 18.5 Å². The predicted octanol–water partition coefficient (Wildman–Crippen LogP) is 1.91. The number of carbonyl (C=O) groups is 1. The summed E-state index contributed by atoms with van der Waals surface area (Å²) in [5.74, 6) is -0.159. The topological polar surface area (TPSA) is 65.0 Å². The quantitative estimate of drug-likeness (QED) is 0.803. The predicted molar refractivity (Wildman–Crippen MR) is 77.8 cm³/mol. The van der Waals surface area contributed by atoms with Gasteiger partial charge in [-0.1, -0.05) is 13.8 Å². The maximum absolute atomic E-state index is 12.3. The van der Waals surface area contributed by atoms with Crippen LogP contribution in [-0.2, 0) is 19.0 Å². The first kappa shape index (κ1) is 16.7. The molecule has 0 aromatic rings. The molecule has 0 aromatic heterocycles. The number of ether oxygens (including phenoxy) is 3. The van der Waals surface area contributed by atoms with E-state index in [0.29, 0.717) is 5.41 Å². The minimum Gasteiger partial charge on any atom is -0.457 e. The molecule has 5 heteroatoms. The van der Waals surface area contributed by atoms with E-state index in [2.05, 4.69) is 13.8 Å². The molecule has 122 valence electrons. The first-order valence-electron chi connectivity index (χ1n) is 7.87. The summed E-state index contributed by atoms with van der Waals surface area (Å²) in [7, 11) is 1.55. The zero-order chi connectivity index (χ0) is 15.6. The summed E-state index contributed by atoms with van der Waals surface area (Å²) in [6, 6.07) is 0. The summed E-state index contributed by atoms with van der Waals surface area (Å²) in [6.07, 6.45) is 1.99. The smallest absolute Gasteiger partial charge is 0.309 e. The van der Waals surface area contributed by atoms with E-state index in [1.165, 1.54) is 0 Å². The molecule has 2 rings (SSSR count). The van der Waals surface area contributed by atoms with Crippen LogP contribution in [-0.4, -0.2) is 49.2 Å². The Hall–Kier alpha value is -0.650. The second kappa shape index (κ2) is 6.63. The Labute approximate surface area is 126 Å². The summed E-state index contributed by atoms with van der Waals surface area (Å²) in [5.41, 5.74) is 0.333. The highest BCUT2D eigenvalue weighted by molar-refractivity contribution is 5.72. The average molecular weight is 300 g/mol. The summed E-state index contributed by atoms with van der Waals surface area (Å²) < 4.78 is 16.5. The molecule has 0 spiro atoms. The third-order valence-electron chi connectivity index (χ3n) is 4.83. The van der Waals surface area contributed by atoms with Crippen LogP contribution < -0.4 is 0 Å². The number of methoxy groups -OCH3 is 1. The van der Waals surface area contributed by atoms with E-state index in [1.807, 2.05) is 0 Å². The summed E-state index contributed by atoms with van der Waals surface area (Å²) >= 11 is 0. The summed E-state index contributed by atoms with van der Waals surface area (Å²) in [6.45, 7) is 6.43. The standard InChI is InChI=1S/C16H28O5/c1-10(17)13-14(19-4)12(9-20-13)21-15(18)11-5-7-16(2,3)8-6-11/h10-14,17H,5-9H2,1-4H3/t10-,12?,13+,14+/m0/s1. The van der Waals surface area contributed by atoms with Crippen molar-refractivity contribution >= 4 is 5.97 Å². The van der Waals surface area contributed by atoms with Gasteiger partial charge in [0.15, 0.2) is 6.10 Å². The number of rotatable bonds is 4. The molecule has 1 saturated heterocycles. The van der Waals surface area contributed by atoms with E-state index in [4.69, 9.17) is 14.2 Å². The minimum absolute atomic E-state index is 0.0128. The van der Waals surface area contributed by atoms with Crippen LogP contribution >= 0.6 is 0 Å². The zero-order valence-electron chi connectivity index (χ0n) is 13.5. The highest BCUT2D eigenvalue weighted by Crippen LogP contribution is 2.38. The van der Waals surface area contributed by atoms with Crippen LogP contribution in [0.2, 0.25) is 0 Å². The fraction of sp³-hybridized carbons (Fsp3) is 0.938. The zero-order valence-corrected chi connectivity index (χ0v) is 13.5. The van der Waals surface area contributed by atoms with Crippen molar-refractivity contribution in [2.24, 2.45) is 11.3 Å². The molecular formula is C16H28O5. The van der Waals surface area contributed by atoms with Crippen LogP contribution in [0.5, 0.6) is 0 Å². The van der Waals surface area contributed by atoms with Gasteiger partial charge in [0.05, 0.1) is 18.6 Å². The Balaban J connectivity index is 1.88. The van der Waals surface area contributed by atoms with E-state index in [0.717, 1.165) is 25.7 Å². The highest BCUT2D eigenvalue weighted by Gasteiger charge is 2.43. The van der Waals surface area contributed by atoms with Gasteiger partial charge in [0.2, 0.25) is 0 Å². The number of aliphatic hydroxyl groups is 1. The van der Waals surface area contributed by atoms with Crippen molar-refractivity contribution in [1.82, 2.24) is 0 Å². The van der Waals surface area contributed by atoms with Crippen molar-refractivity contribution in [2.45, 2.75) is 70.9 Å². The van der Waals surface area contributed by atoms with Gasteiger partial charge in [-0.3, -0.25) is 4.79 Å². The van der Waals surface area contributed by atoms with Crippen molar-refractivity contribution in [3.8, 4) is 0 Å². The molecule has 0 amide bonds. The van der Waals surface area contributed by atoms with Crippen molar-refractivity contribution in [3.63, 3.8) is 0 Å². The lowest BCUT2D eigenvalue weighted by molar-refractivity contribution is -0.161. The fourth-order valence-electron chi connectivity index (χ4n) is 3.29.